The van der Waals surface area contributed by atoms with Crippen molar-refractivity contribution in [2.45, 2.75) is 71.8 Å². The van der Waals surface area contributed by atoms with E-state index in [1.807, 2.05) is 20.8 Å². The van der Waals surface area contributed by atoms with Gasteiger partial charge in [0.2, 0.25) is 0 Å². The van der Waals surface area contributed by atoms with E-state index in [0.29, 0.717) is 0 Å². The van der Waals surface area contributed by atoms with Crippen molar-refractivity contribution < 1.29 is 92.5 Å². The van der Waals surface area contributed by atoms with Gasteiger partial charge in [0.05, 0.1) is 0 Å². The molecule has 20 heavy (non-hydrogen) atoms. The van der Waals surface area contributed by atoms with Crippen molar-refractivity contribution in [3.05, 3.63) is 0 Å². The van der Waals surface area contributed by atoms with Gasteiger partial charge in [0.1, 0.15) is 12.0 Å². The van der Waals surface area contributed by atoms with Gasteiger partial charge in [0, 0.05) is 0 Å². The van der Waals surface area contributed by atoms with Gasteiger partial charge in [-0.1, -0.05) is 40.0 Å². The second kappa shape index (κ2) is 13.8. The van der Waals surface area contributed by atoms with E-state index >= 15 is 0 Å². The van der Waals surface area contributed by atoms with Gasteiger partial charge in [-0.15, -0.1) is 0 Å². The molecule has 0 aromatic heterocycles. The number of hydrogen-bond acceptors (Lipinski definition) is 3. The standard InChI is InChI=1S/C14H26O4.K.Li.2H/c1-5-6-7-8-9-14(4,11(2)3)18-13(17)10-12(15)16;;;;/h11H,5-10H2,1-4H3,(H,15,16);;;;/q;2*+1;2*-1. The number of carboxylic acids is 1. The first-order valence-corrected chi connectivity index (χ1v) is 6.75. The summed E-state index contributed by atoms with van der Waals surface area (Å²) < 4.78 is 5.37. The van der Waals surface area contributed by atoms with Gasteiger partial charge in [-0.25, -0.2) is 0 Å². The molecule has 0 aliphatic heterocycles. The van der Waals surface area contributed by atoms with Gasteiger partial charge in [0.15, 0.2) is 0 Å². The molecule has 0 bridgehead atoms. The average molecular weight is 306 g/mol. The van der Waals surface area contributed by atoms with Crippen LogP contribution in [0.5, 0.6) is 0 Å². The van der Waals surface area contributed by atoms with E-state index in [0.717, 1.165) is 25.7 Å². The van der Waals surface area contributed by atoms with E-state index in [-0.39, 0.29) is 79.0 Å². The van der Waals surface area contributed by atoms with Crippen molar-refractivity contribution in [3.63, 3.8) is 0 Å². The number of esters is 1. The number of unbranched alkanes of at least 4 members (excludes halogenated alkanes) is 3. The number of ether oxygens (including phenoxy) is 1. The van der Waals surface area contributed by atoms with Crippen molar-refractivity contribution in [2.75, 3.05) is 0 Å². The van der Waals surface area contributed by atoms with Crippen LogP contribution < -0.4 is 70.2 Å². The summed E-state index contributed by atoms with van der Waals surface area (Å²) in [5, 5.41) is 8.56. The third kappa shape index (κ3) is 11.8. The first-order chi connectivity index (χ1) is 8.31. The fraction of sp³-hybridized carbons (Fsp3) is 0.857. The number of carbonyl (C=O) groups is 2. The molecule has 0 saturated heterocycles. The van der Waals surface area contributed by atoms with Crippen molar-refractivity contribution in [1.82, 2.24) is 0 Å². The molecule has 0 aromatic rings. The van der Waals surface area contributed by atoms with Crippen LogP contribution in [0.4, 0.5) is 0 Å². The first kappa shape index (κ1) is 26.1. The zero-order valence-corrected chi connectivity index (χ0v) is 17.1. The smallest absolute Gasteiger partial charge is 1.00 e. The predicted octanol–water partition coefficient (Wildman–Crippen LogP) is -2.38. The number of carbonyl (C=O) groups excluding carboxylic acids is 1. The molecule has 6 heteroatoms. The van der Waals surface area contributed by atoms with Gasteiger partial charge in [-0.3, -0.25) is 9.59 Å². The summed E-state index contributed by atoms with van der Waals surface area (Å²) >= 11 is 0. The van der Waals surface area contributed by atoms with Crippen molar-refractivity contribution in [2.24, 2.45) is 5.92 Å². The largest absolute Gasteiger partial charge is 1.00 e. The summed E-state index contributed by atoms with van der Waals surface area (Å²) in [6.45, 7) is 8.03. The zero-order chi connectivity index (χ0) is 14.2. The summed E-state index contributed by atoms with van der Waals surface area (Å²) in [7, 11) is 0. The molecule has 1 N–H and O–H groups in total. The van der Waals surface area contributed by atoms with Crippen LogP contribution in [0.2, 0.25) is 0 Å². The Hall–Kier alpha value is 1.17. The normalized spacial score (nSPS) is 12.8. The fourth-order valence-corrected chi connectivity index (χ4v) is 1.78. The van der Waals surface area contributed by atoms with E-state index in [4.69, 9.17) is 9.84 Å². The third-order valence-electron chi connectivity index (χ3n) is 3.39. The molecular weight excluding hydrogens is 278 g/mol. The molecule has 110 valence electrons. The van der Waals surface area contributed by atoms with Crippen molar-refractivity contribution >= 4 is 11.9 Å². The molecule has 0 radical (unpaired) electrons. The van der Waals surface area contributed by atoms with Crippen LogP contribution in [0.1, 0.15) is 69.1 Å². The van der Waals surface area contributed by atoms with E-state index in [1.54, 1.807) is 0 Å². The Kier molecular flexibility index (Phi) is 18.0. The summed E-state index contributed by atoms with van der Waals surface area (Å²) in [6.07, 6.45) is 4.69. The number of rotatable bonds is 9. The van der Waals surface area contributed by atoms with Crippen LogP contribution in [0.3, 0.4) is 0 Å². The van der Waals surface area contributed by atoms with Crippen molar-refractivity contribution in [3.8, 4) is 0 Å². The first-order valence-electron chi connectivity index (χ1n) is 6.75. The number of hydrogen-bond donors (Lipinski definition) is 1. The van der Waals surface area contributed by atoms with Crippen molar-refractivity contribution in [1.29, 1.82) is 0 Å². The van der Waals surface area contributed by atoms with Gasteiger partial charge in [-0.05, 0) is 25.7 Å². The second-order valence-corrected chi connectivity index (χ2v) is 5.32. The molecule has 0 spiro atoms. The molecule has 0 aromatic carbocycles. The summed E-state index contributed by atoms with van der Waals surface area (Å²) in [5.74, 6) is -1.61. The molecule has 1 unspecified atom stereocenters. The van der Waals surface area contributed by atoms with Crippen LogP contribution in [-0.2, 0) is 14.3 Å². The summed E-state index contributed by atoms with van der Waals surface area (Å²) in [6, 6.07) is 0. The van der Waals surface area contributed by atoms with Crippen LogP contribution in [0.15, 0.2) is 0 Å². The predicted molar refractivity (Wildman–Crippen MR) is 72.6 cm³/mol. The van der Waals surface area contributed by atoms with E-state index in [2.05, 4.69) is 6.92 Å². The van der Waals surface area contributed by atoms with Gasteiger partial charge in [-0.2, -0.15) is 0 Å². The topological polar surface area (TPSA) is 63.6 Å². The van der Waals surface area contributed by atoms with E-state index < -0.39 is 24.0 Å². The minimum absolute atomic E-state index is 0. The Morgan fingerprint density at radius 1 is 1.25 bits per heavy atom. The van der Waals surface area contributed by atoms with Gasteiger partial charge >= 0.3 is 82.2 Å². The minimum Gasteiger partial charge on any atom is -1.00 e. The average Bonchev–Trinajstić information content (AvgIpc) is 2.22. The second-order valence-electron chi connectivity index (χ2n) is 5.32. The molecule has 0 fully saturated rings. The molecule has 0 aliphatic carbocycles. The summed E-state index contributed by atoms with van der Waals surface area (Å²) in [5.41, 5.74) is -0.555. The molecule has 0 heterocycles. The molecular formula is C14H28KLiO4. The number of carboxylic acid groups (broad SMARTS) is 1. The molecule has 0 rings (SSSR count). The van der Waals surface area contributed by atoms with Gasteiger partial charge in [0.25, 0.3) is 0 Å². The molecule has 1 atom stereocenters. The molecule has 4 nitrogen and oxygen atoms in total. The Labute approximate surface area is 180 Å². The zero-order valence-electron chi connectivity index (χ0n) is 16.0. The third-order valence-corrected chi connectivity index (χ3v) is 3.39. The SMILES string of the molecule is CCCCCCC(C)(OC(=O)CC(=O)O)C(C)C.[H-].[H-].[K+].[Li+]. The monoisotopic (exact) mass is 306 g/mol. The van der Waals surface area contributed by atoms with E-state index in [9.17, 15) is 9.59 Å². The number of aliphatic carboxylic acids is 1. The maximum atomic E-state index is 11.5. The molecule has 0 aliphatic rings. The molecule has 0 amide bonds. The maximum Gasteiger partial charge on any atom is 1.00 e. The Morgan fingerprint density at radius 3 is 2.20 bits per heavy atom. The van der Waals surface area contributed by atoms with E-state index in [1.165, 1.54) is 6.42 Å². The van der Waals surface area contributed by atoms with Crippen LogP contribution in [0.25, 0.3) is 0 Å². The fourth-order valence-electron chi connectivity index (χ4n) is 1.78. The molecule has 0 saturated carbocycles. The maximum absolute atomic E-state index is 11.5. The Balaban J connectivity index is -0.000000241. The van der Waals surface area contributed by atoms with Gasteiger partial charge < -0.3 is 12.7 Å². The Bertz CT molecular complexity index is 294. The van der Waals surface area contributed by atoms with Crippen LogP contribution >= 0.6 is 0 Å². The summed E-state index contributed by atoms with van der Waals surface area (Å²) in [4.78, 5) is 21.9. The minimum atomic E-state index is -1.14. The Morgan fingerprint density at radius 2 is 1.80 bits per heavy atom. The quantitative estimate of drug-likeness (QED) is 0.224. The van der Waals surface area contributed by atoms with Crippen LogP contribution in [-0.4, -0.2) is 22.6 Å². The van der Waals surface area contributed by atoms with Crippen LogP contribution in [0, 0.1) is 5.92 Å².